The van der Waals surface area contributed by atoms with E-state index in [-0.39, 0.29) is 0 Å². The van der Waals surface area contributed by atoms with E-state index >= 15 is 0 Å². The summed E-state index contributed by atoms with van der Waals surface area (Å²) in [6.45, 7) is 10.1. The van der Waals surface area contributed by atoms with E-state index in [4.69, 9.17) is 0 Å². The summed E-state index contributed by atoms with van der Waals surface area (Å²) < 4.78 is 0. The number of rotatable bonds is 6. The van der Waals surface area contributed by atoms with E-state index in [1.54, 1.807) is 12.1 Å². The van der Waals surface area contributed by atoms with E-state index in [1.165, 1.54) is 12.1 Å². The molecule has 1 unspecified atom stereocenters. The summed E-state index contributed by atoms with van der Waals surface area (Å²) in [4.78, 5) is 2.43. The Hall–Kier alpha value is -1.18. The van der Waals surface area contributed by atoms with Gasteiger partial charge in [0.15, 0.2) is 0 Å². The number of aromatic hydroxyl groups is 1. The molecule has 1 N–H and O–H groups in total. The van der Waals surface area contributed by atoms with Gasteiger partial charge in [-0.2, -0.15) is 0 Å². The van der Waals surface area contributed by atoms with Gasteiger partial charge in [-0.3, -0.25) is 0 Å². The van der Waals surface area contributed by atoms with Crippen LogP contribution in [0.1, 0.15) is 40.5 Å². The molecule has 0 amide bonds. The first-order chi connectivity index (χ1) is 8.04. The molecular weight excluding hydrogens is 210 g/mol. The fourth-order valence-electron chi connectivity index (χ4n) is 1.87. The monoisotopic (exact) mass is 235 g/mol. The lowest BCUT2D eigenvalue weighted by Crippen LogP contribution is -2.34. The van der Waals surface area contributed by atoms with Gasteiger partial charge in [-0.1, -0.05) is 20.8 Å². The lowest BCUT2D eigenvalue weighted by Gasteiger charge is -2.31. The molecule has 96 valence electrons. The molecule has 0 saturated carbocycles. The Morgan fingerprint density at radius 2 is 1.71 bits per heavy atom. The largest absolute Gasteiger partial charge is 0.508 e. The van der Waals surface area contributed by atoms with Crippen molar-refractivity contribution in [2.24, 2.45) is 5.92 Å². The van der Waals surface area contributed by atoms with Gasteiger partial charge in [-0.25, -0.2) is 0 Å². The summed E-state index contributed by atoms with van der Waals surface area (Å²) in [6, 6.07) is 8.07. The second-order valence-corrected chi connectivity index (χ2v) is 5.15. The number of hydrogen-bond donors (Lipinski definition) is 1. The standard InChI is InChI=1S/C15H25NO/c1-5-13(4)16(11-10-12(2)3)14-6-8-15(17)9-7-14/h6-9,12-13,17H,5,10-11H2,1-4H3. The first kappa shape index (κ1) is 13.9. The van der Waals surface area contributed by atoms with Crippen LogP contribution < -0.4 is 4.90 Å². The van der Waals surface area contributed by atoms with Crippen molar-refractivity contribution in [2.45, 2.75) is 46.6 Å². The minimum Gasteiger partial charge on any atom is -0.508 e. The zero-order valence-corrected chi connectivity index (χ0v) is 11.5. The number of benzene rings is 1. The van der Waals surface area contributed by atoms with Gasteiger partial charge in [0.1, 0.15) is 5.75 Å². The normalized spacial score (nSPS) is 12.8. The summed E-state index contributed by atoms with van der Waals surface area (Å²) in [6.07, 6.45) is 2.34. The van der Waals surface area contributed by atoms with Crippen LogP contribution in [0.2, 0.25) is 0 Å². The molecule has 0 heterocycles. The van der Waals surface area contributed by atoms with Gasteiger partial charge in [-0.15, -0.1) is 0 Å². The van der Waals surface area contributed by atoms with Crippen molar-refractivity contribution >= 4 is 5.69 Å². The Morgan fingerprint density at radius 3 is 2.18 bits per heavy atom. The van der Waals surface area contributed by atoms with Crippen LogP contribution in [0.3, 0.4) is 0 Å². The molecule has 2 nitrogen and oxygen atoms in total. The predicted octanol–water partition coefficient (Wildman–Crippen LogP) is 4.04. The predicted molar refractivity (Wildman–Crippen MR) is 74.7 cm³/mol. The Balaban J connectivity index is 2.78. The molecule has 17 heavy (non-hydrogen) atoms. The van der Waals surface area contributed by atoms with Gasteiger partial charge < -0.3 is 10.0 Å². The molecule has 0 aliphatic heterocycles. The minimum atomic E-state index is 0.335. The molecule has 0 radical (unpaired) electrons. The molecule has 0 fully saturated rings. The molecule has 1 aromatic carbocycles. The Morgan fingerprint density at radius 1 is 1.12 bits per heavy atom. The van der Waals surface area contributed by atoms with Crippen molar-refractivity contribution in [3.8, 4) is 5.75 Å². The van der Waals surface area contributed by atoms with Crippen LogP contribution in [-0.2, 0) is 0 Å². The molecule has 0 aromatic heterocycles. The molecule has 1 rings (SSSR count). The number of hydrogen-bond acceptors (Lipinski definition) is 2. The Kier molecular flexibility index (Phi) is 5.33. The maximum absolute atomic E-state index is 9.33. The van der Waals surface area contributed by atoms with E-state index in [2.05, 4.69) is 32.6 Å². The highest BCUT2D eigenvalue weighted by Gasteiger charge is 2.13. The van der Waals surface area contributed by atoms with E-state index in [9.17, 15) is 5.11 Å². The second-order valence-electron chi connectivity index (χ2n) is 5.15. The third-order valence-corrected chi connectivity index (χ3v) is 3.25. The summed E-state index contributed by atoms with van der Waals surface area (Å²) >= 11 is 0. The van der Waals surface area contributed by atoms with Gasteiger partial charge in [0.25, 0.3) is 0 Å². The maximum atomic E-state index is 9.33. The molecule has 2 heteroatoms. The van der Waals surface area contributed by atoms with Gasteiger partial charge >= 0.3 is 0 Å². The van der Waals surface area contributed by atoms with Crippen LogP contribution in [-0.4, -0.2) is 17.7 Å². The molecular formula is C15H25NO. The fraction of sp³-hybridized carbons (Fsp3) is 0.600. The maximum Gasteiger partial charge on any atom is 0.115 e. The van der Waals surface area contributed by atoms with Crippen LogP contribution in [0.5, 0.6) is 5.75 Å². The lowest BCUT2D eigenvalue weighted by molar-refractivity contribution is 0.475. The number of nitrogens with zero attached hydrogens (tertiary/aromatic N) is 1. The van der Waals surface area contributed by atoms with Crippen LogP contribution in [0.4, 0.5) is 5.69 Å². The van der Waals surface area contributed by atoms with Crippen molar-refractivity contribution < 1.29 is 5.11 Å². The topological polar surface area (TPSA) is 23.5 Å². The van der Waals surface area contributed by atoms with E-state index in [1.807, 2.05) is 12.1 Å². The van der Waals surface area contributed by atoms with E-state index in [0.717, 1.165) is 18.9 Å². The first-order valence-electron chi connectivity index (χ1n) is 6.60. The molecule has 0 aliphatic rings. The summed E-state index contributed by atoms with van der Waals surface area (Å²) in [5.74, 6) is 1.06. The van der Waals surface area contributed by atoms with Crippen LogP contribution in [0, 0.1) is 5.92 Å². The van der Waals surface area contributed by atoms with Gasteiger partial charge in [0, 0.05) is 18.3 Å². The lowest BCUT2D eigenvalue weighted by atomic mass is 10.1. The summed E-state index contributed by atoms with van der Waals surface area (Å²) in [5.41, 5.74) is 1.21. The Bertz CT molecular complexity index is 318. The van der Waals surface area contributed by atoms with Crippen LogP contribution in [0.25, 0.3) is 0 Å². The second kappa shape index (κ2) is 6.53. The molecule has 0 aliphatic carbocycles. The van der Waals surface area contributed by atoms with Crippen LogP contribution >= 0.6 is 0 Å². The highest BCUT2D eigenvalue weighted by atomic mass is 16.3. The van der Waals surface area contributed by atoms with Crippen molar-refractivity contribution in [1.29, 1.82) is 0 Å². The third kappa shape index (κ3) is 4.29. The van der Waals surface area contributed by atoms with E-state index < -0.39 is 0 Å². The average Bonchev–Trinajstić information content (AvgIpc) is 2.30. The molecule has 1 atom stereocenters. The smallest absolute Gasteiger partial charge is 0.115 e. The van der Waals surface area contributed by atoms with Gasteiger partial charge in [0.05, 0.1) is 0 Å². The third-order valence-electron chi connectivity index (χ3n) is 3.25. The number of anilines is 1. The van der Waals surface area contributed by atoms with Gasteiger partial charge in [0.2, 0.25) is 0 Å². The zero-order chi connectivity index (χ0) is 12.8. The van der Waals surface area contributed by atoms with Gasteiger partial charge in [-0.05, 0) is 49.9 Å². The fourth-order valence-corrected chi connectivity index (χ4v) is 1.87. The van der Waals surface area contributed by atoms with Crippen molar-refractivity contribution in [1.82, 2.24) is 0 Å². The molecule has 1 aromatic rings. The molecule has 0 spiro atoms. The first-order valence-corrected chi connectivity index (χ1v) is 6.60. The zero-order valence-electron chi connectivity index (χ0n) is 11.5. The summed E-state index contributed by atoms with van der Waals surface area (Å²) in [7, 11) is 0. The van der Waals surface area contributed by atoms with Crippen molar-refractivity contribution in [3.05, 3.63) is 24.3 Å². The number of phenolic OH excluding ortho intramolecular Hbond substituents is 1. The SMILES string of the molecule is CCC(C)N(CCC(C)C)c1ccc(O)cc1. The molecule has 0 saturated heterocycles. The quantitative estimate of drug-likeness (QED) is 0.804. The number of phenols is 1. The average molecular weight is 235 g/mol. The Labute approximate surface area is 105 Å². The highest BCUT2D eigenvalue weighted by Crippen LogP contribution is 2.22. The van der Waals surface area contributed by atoms with Crippen molar-refractivity contribution in [2.75, 3.05) is 11.4 Å². The highest BCUT2D eigenvalue weighted by molar-refractivity contribution is 5.49. The molecule has 0 bridgehead atoms. The van der Waals surface area contributed by atoms with Crippen molar-refractivity contribution in [3.63, 3.8) is 0 Å². The summed E-state index contributed by atoms with van der Waals surface area (Å²) in [5, 5.41) is 9.33. The minimum absolute atomic E-state index is 0.335. The van der Waals surface area contributed by atoms with Crippen LogP contribution in [0.15, 0.2) is 24.3 Å². The van der Waals surface area contributed by atoms with E-state index in [0.29, 0.717) is 11.8 Å².